The van der Waals surface area contributed by atoms with Crippen molar-refractivity contribution >= 4 is 5.78 Å². The Balaban J connectivity index is 2.38. The summed E-state index contributed by atoms with van der Waals surface area (Å²) in [5.74, 6) is 1.03. The summed E-state index contributed by atoms with van der Waals surface area (Å²) >= 11 is 0. The lowest BCUT2D eigenvalue weighted by Crippen LogP contribution is -2.42. The van der Waals surface area contributed by atoms with E-state index >= 15 is 0 Å². The standard InChI is InChI=1S/C16H24O/c1-15(2,3)14(17)16(4)11-7-9-12-8-5-6-10-13(12)16/h5-6,10,12H,7-9,11H2,1-4H3. The number of hydrogen-bond donors (Lipinski definition) is 0. The van der Waals surface area contributed by atoms with Crippen LogP contribution in [0.1, 0.15) is 53.4 Å². The van der Waals surface area contributed by atoms with Crippen LogP contribution >= 0.6 is 0 Å². The molecule has 94 valence electrons. The predicted octanol–water partition coefficient (Wildman–Crippen LogP) is 4.29. The molecule has 1 nitrogen and oxygen atoms in total. The van der Waals surface area contributed by atoms with Crippen LogP contribution in [0.2, 0.25) is 0 Å². The maximum atomic E-state index is 12.7. The second-order valence-corrected chi connectivity index (χ2v) is 6.79. The van der Waals surface area contributed by atoms with Gasteiger partial charge in [-0.05, 0) is 32.1 Å². The van der Waals surface area contributed by atoms with E-state index in [1.807, 2.05) is 20.8 Å². The lowest BCUT2D eigenvalue weighted by atomic mass is 9.59. The van der Waals surface area contributed by atoms with Crippen molar-refractivity contribution in [2.45, 2.75) is 53.4 Å². The molecule has 0 radical (unpaired) electrons. The minimum atomic E-state index is -0.237. The number of rotatable bonds is 1. The zero-order valence-corrected chi connectivity index (χ0v) is 11.5. The lowest BCUT2D eigenvalue weighted by Gasteiger charge is -2.44. The van der Waals surface area contributed by atoms with Crippen LogP contribution in [0.4, 0.5) is 0 Å². The van der Waals surface area contributed by atoms with E-state index < -0.39 is 0 Å². The normalized spacial score (nSPS) is 32.9. The predicted molar refractivity (Wildman–Crippen MR) is 71.8 cm³/mol. The van der Waals surface area contributed by atoms with Gasteiger partial charge in [0.15, 0.2) is 0 Å². The third-order valence-corrected chi connectivity index (χ3v) is 4.32. The van der Waals surface area contributed by atoms with Crippen molar-refractivity contribution in [3.63, 3.8) is 0 Å². The molecule has 0 aromatic rings. The molecule has 0 aliphatic heterocycles. The van der Waals surface area contributed by atoms with Crippen molar-refractivity contribution in [1.29, 1.82) is 0 Å². The van der Waals surface area contributed by atoms with Crippen LogP contribution < -0.4 is 0 Å². The molecule has 0 heterocycles. The zero-order chi connectivity index (χ0) is 12.7. The Morgan fingerprint density at radius 2 is 2.12 bits per heavy atom. The van der Waals surface area contributed by atoms with E-state index in [1.165, 1.54) is 18.4 Å². The lowest BCUT2D eigenvalue weighted by molar-refractivity contribution is -0.135. The molecule has 2 unspecified atom stereocenters. The number of allylic oxidation sites excluding steroid dienone is 4. The van der Waals surface area contributed by atoms with E-state index in [-0.39, 0.29) is 10.8 Å². The molecule has 2 atom stereocenters. The van der Waals surface area contributed by atoms with E-state index in [0.29, 0.717) is 11.7 Å². The van der Waals surface area contributed by atoms with Crippen LogP contribution in [-0.4, -0.2) is 5.78 Å². The topological polar surface area (TPSA) is 17.1 Å². The van der Waals surface area contributed by atoms with Gasteiger partial charge in [-0.25, -0.2) is 0 Å². The first-order valence-corrected chi connectivity index (χ1v) is 6.78. The van der Waals surface area contributed by atoms with E-state index in [1.54, 1.807) is 0 Å². The van der Waals surface area contributed by atoms with Gasteiger partial charge in [0, 0.05) is 10.8 Å². The Bertz CT molecular complexity index is 381. The van der Waals surface area contributed by atoms with Crippen LogP contribution in [0.25, 0.3) is 0 Å². The maximum Gasteiger partial charge on any atom is 0.148 e. The van der Waals surface area contributed by atoms with Crippen molar-refractivity contribution < 1.29 is 4.79 Å². The van der Waals surface area contributed by atoms with Crippen LogP contribution in [0.15, 0.2) is 23.8 Å². The number of hydrogen-bond acceptors (Lipinski definition) is 1. The first-order valence-electron chi connectivity index (χ1n) is 6.78. The zero-order valence-electron chi connectivity index (χ0n) is 11.5. The van der Waals surface area contributed by atoms with Gasteiger partial charge in [-0.2, -0.15) is 0 Å². The average molecular weight is 232 g/mol. The Hall–Kier alpha value is -0.850. The number of carbonyl (C=O) groups excluding carboxylic acids is 1. The molecule has 0 bridgehead atoms. The van der Waals surface area contributed by atoms with E-state index in [2.05, 4.69) is 25.2 Å². The fourth-order valence-electron chi connectivity index (χ4n) is 3.50. The van der Waals surface area contributed by atoms with Gasteiger partial charge in [0.05, 0.1) is 0 Å². The molecular formula is C16H24O. The highest BCUT2D eigenvalue weighted by Crippen LogP contribution is 2.49. The monoisotopic (exact) mass is 232 g/mol. The molecule has 0 aromatic carbocycles. The van der Waals surface area contributed by atoms with Crippen molar-refractivity contribution in [3.05, 3.63) is 23.8 Å². The Morgan fingerprint density at radius 3 is 2.76 bits per heavy atom. The molecule has 0 aromatic heterocycles. The van der Waals surface area contributed by atoms with Gasteiger partial charge in [0.25, 0.3) is 0 Å². The van der Waals surface area contributed by atoms with Gasteiger partial charge < -0.3 is 0 Å². The first-order chi connectivity index (χ1) is 7.86. The van der Waals surface area contributed by atoms with Crippen molar-refractivity contribution in [1.82, 2.24) is 0 Å². The summed E-state index contributed by atoms with van der Waals surface area (Å²) < 4.78 is 0. The fourth-order valence-corrected chi connectivity index (χ4v) is 3.50. The SMILES string of the molecule is CC(C)(C)C(=O)C1(C)CCCC2CC=CC=C21. The summed E-state index contributed by atoms with van der Waals surface area (Å²) in [6.07, 6.45) is 11.2. The molecule has 17 heavy (non-hydrogen) atoms. The number of carbonyl (C=O) groups is 1. The van der Waals surface area contributed by atoms with E-state index in [4.69, 9.17) is 0 Å². The highest BCUT2D eigenvalue weighted by Gasteiger charge is 2.46. The minimum Gasteiger partial charge on any atom is -0.298 e. The van der Waals surface area contributed by atoms with Crippen molar-refractivity contribution in [2.75, 3.05) is 0 Å². The molecule has 1 fully saturated rings. The number of Topliss-reactive ketones (excluding diaryl/α,β-unsaturated/α-hetero) is 1. The van der Waals surface area contributed by atoms with Gasteiger partial charge in [0.2, 0.25) is 0 Å². The molecule has 0 amide bonds. The van der Waals surface area contributed by atoms with Crippen LogP contribution in [-0.2, 0) is 4.79 Å². The van der Waals surface area contributed by atoms with Gasteiger partial charge in [-0.3, -0.25) is 4.79 Å². The molecule has 0 saturated heterocycles. The molecule has 2 aliphatic rings. The van der Waals surface area contributed by atoms with E-state index in [0.717, 1.165) is 12.8 Å². The molecule has 0 spiro atoms. The Kier molecular flexibility index (Phi) is 3.05. The summed E-state index contributed by atoms with van der Waals surface area (Å²) in [5, 5.41) is 0. The Morgan fingerprint density at radius 1 is 1.41 bits per heavy atom. The minimum absolute atomic E-state index is 0.216. The van der Waals surface area contributed by atoms with Crippen LogP contribution in [0, 0.1) is 16.7 Å². The smallest absolute Gasteiger partial charge is 0.148 e. The average Bonchev–Trinajstić information content (AvgIpc) is 2.27. The van der Waals surface area contributed by atoms with Gasteiger partial charge in [-0.15, -0.1) is 0 Å². The highest BCUT2D eigenvalue weighted by atomic mass is 16.1. The second kappa shape index (κ2) is 4.12. The molecule has 2 rings (SSSR count). The Labute approximate surface area is 105 Å². The molecule has 2 aliphatic carbocycles. The second-order valence-electron chi connectivity index (χ2n) is 6.79. The largest absolute Gasteiger partial charge is 0.298 e. The fraction of sp³-hybridized carbons (Fsp3) is 0.688. The summed E-state index contributed by atoms with van der Waals surface area (Å²) in [4.78, 5) is 12.7. The van der Waals surface area contributed by atoms with Crippen LogP contribution in [0.3, 0.4) is 0 Å². The third-order valence-electron chi connectivity index (χ3n) is 4.32. The van der Waals surface area contributed by atoms with Crippen molar-refractivity contribution in [2.24, 2.45) is 16.7 Å². The highest BCUT2D eigenvalue weighted by molar-refractivity contribution is 5.92. The number of ketones is 1. The molecular weight excluding hydrogens is 208 g/mol. The maximum absolute atomic E-state index is 12.7. The van der Waals surface area contributed by atoms with Gasteiger partial charge in [0.1, 0.15) is 5.78 Å². The third kappa shape index (κ3) is 2.12. The quantitative estimate of drug-likeness (QED) is 0.659. The van der Waals surface area contributed by atoms with Gasteiger partial charge in [-0.1, -0.05) is 51.0 Å². The van der Waals surface area contributed by atoms with E-state index in [9.17, 15) is 4.79 Å². The summed E-state index contributed by atoms with van der Waals surface area (Å²) in [7, 11) is 0. The summed E-state index contributed by atoms with van der Waals surface area (Å²) in [5.41, 5.74) is 0.941. The van der Waals surface area contributed by atoms with Gasteiger partial charge >= 0.3 is 0 Å². The summed E-state index contributed by atoms with van der Waals surface area (Å²) in [6.45, 7) is 8.30. The van der Waals surface area contributed by atoms with Crippen molar-refractivity contribution in [3.8, 4) is 0 Å². The molecule has 1 heteroatoms. The first kappa shape index (κ1) is 12.6. The van der Waals surface area contributed by atoms with Crippen LogP contribution in [0.5, 0.6) is 0 Å². The number of fused-ring (bicyclic) bond motifs is 1. The molecule has 1 saturated carbocycles. The molecule has 0 N–H and O–H groups in total. The summed E-state index contributed by atoms with van der Waals surface area (Å²) in [6, 6.07) is 0.